The summed E-state index contributed by atoms with van der Waals surface area (Å²) in [6, 6.07) is 14.5. The normalized spacial score (nSPS) is 15.8. The summed E-state index contributed by atoms with van der Waals surface area (Å²) in [6.45, 7) is 5.71. The van der Waals surface area contributed by atoms with E-state index < -0.39 is 0 Å². The van der Waals surface area contributed by atoms with Crippen molar-refractivity contribution in [2.24, 2.45) is 0 Å². The van der Waals surface area contributed by atoms with E-state index in [0.29, 0.717) is 0 Å². The lowest BCUT2D eigenvalue weighted by molar-refractivity contribution is 0.0398. The molecule has 0 amide bonds. The largest absolute Gasteiger partial charge is 0.379 e. The third kappa shape index (κ3) is 4.03. The van der Waals surface area contributed by atoms with Crippen LogP contribution in [0.4, 0.5) is 5.82 Å². The van der Waals surface area contributed by atoms with Crippen LogP contribution in [0.2, 0.25) is 0 Å². The number of pyridine rings is 1. The van der Waals surface area contributed by atoms with Gasteiger partial charge in [0.1, 0.15) is 5.82 Å². The van der Waals surface area contributed by atoms with Gasteiger partial charge in [-0.3, -0.25) is 4.90 Å². The molecule has 4 heteroatoms. The highest BCUT2D eigenvalue weighted by Gasteiger charge is 2.09. The first-order chi connectivity index (χ1) is 10.4. The zero-order valence-electron chi connectivity index (χ0n) is 12.2. The Labute approximate surface area is 125 Å². The molecule has 1 aliphatic heterocycles. The molecule has 0 radical (unpaired) electrons. The minimum absolute atomic E-state index is 0.851. The van der Waals surface area contributed by atoms with Gasteiger partial charge in [-0.25, -0.2) is 4.98 Å². The number of morpholine rings is 1. The first-order valence-corrected chi connectivity index (χ1v) is 7.47. The van der Waals surface area contributed by atoms with Gasteiger partial charge < -0.3 is 10.1 Å². The first-order valence-electron chi connectivity index (χ1n) is 7.47. The highest BCUT2D eigenvalue weighted by Crippen LogP contribution is 2.18. The molecular weight excluding hydrogens is 262 g/mol. The van der Waals surface area contributed by atoms with Gasteiger partial charge in [-0.15, -0.1) is 0 Å². The van der Waals surface area contributed by atoms with Crippen molar-refractivity contribution in [3.63, 3.8) is 0 Å². The highest BCUT2D eigenvalue weighted by atomic mass is 16.5. The van der Waals surface area contributed by atoms with Crippen LogP contribution in [0.25, 0.3) is 11.1 Å². The fourth-order valence-electron chi connectivity index (χ4n) is 2.47. The molecule has 0 saturated carbocycles. The van der Waals surface area contributed by atoms with Crippen LogP contribution in [0.15, 0.2) is 48.7 Å². The molecule has 1 aromatic carbocycles. The van der Waals surface area contributed by atoms with Gasteiger partial charge in [-0.05, 0) is 17.7 Å². The molecule has 0 bridgehead atoms. The summed E-state index contributed by atoms with van der Waals surface area (Å²) < 4.78 is 5.35. The average Bonchev–Trinajstić information content (AvgIpc) is 2.57. The van der Waals surface area contributed by atoms with E-state index in [4.69, 9.17) is 4.74 Å². The monoisotopic (exact) mass is 283 g/mol. The second-order valence-corrected chi connectivity index (χ2v) is 5.18. The summed E-state index contributed by atoms with van der Waals surface area (Å²) in [7, 11) is 0. The summed E-state index contributed by atoms with van der Waals surface area (Å²) in [6.07, 6.45) is 1.92. The predicted molar refractivity (Wildman–Crippen MR) is 85.4 cm³/mol. The van der Waals surface area contributed by atoms with Gasteiger partial charge in [0.15, 0.2) is 0 Å². The van der Waals surface area contributed by atoms with Crippen molar-refractivity contribution < 1.29 is 4.74 Å². The first kappa shape index (κ1) is 14.0. The topological polar surface area (TPSA) is 37.4 Å². The molecule has 1 N–H and O–H groups in total. The van der Waals surface area contributed by atoms with Crippen LogP contribution in [0, 0.1) is 0 Å². The Bertz CT molecular complexity index is 536. The van der Waals surface area contributed by atoms with Crippen LogP contribution in [-0.2, 0) is 4.74 Å². The summed E-state index contributed by atoms with van der Waals surface area (Å²) in [4.78, 5) is 6.89. The van der Waals surface area contributed by atoms with E-state index in [-0.39, 0.29) is 0 Å². The zero-order chi connectivity index (χ0) is 14.3. The van der Waals surface area contributed by atoms with Crippen LogP contribution in [0.5, 0.6) is 0 Å². The Morgan fingerprint density at radius 2 is 1.81 bits per heavy atom. The number of hydrogen-bond donors (Lipinski definition) is 1. The maximum Gasteiger partial charge on any atom is 0.125 e. The van der Waals surface area contributed by atoms with E-state index in [1.54, 1.807) is 0 Å². The van der Waals surface area contributed by atoms with Gasteiger partial charge in [0.25, 0.3) is 0 Å². The van der Waals surface area contributed by atoms with Crippen molar-refractivity contribution in [1.82, 2.24) is 9.88 Å². The summed E-state index contributed by atoms with van der Waals surface area (Å²) in [5, 5.41) is 3.38. The van der Waals surface area contributed by atoms with Crippen molar-refractivity contribution in [3.05, 3.63) is 48.7 Å². The molecule has 2 aromatic rings. The number of nitrogens with one attached hydrogen (secondary N) is 1. The molecule has 1 aromatic heterocycles. The molecular formula is C17H21N3O. The molecule has 21 heavy (non-hydrogen) atoms. The van der Waals surface area contributed by atoms with E-state index in [9.17, 15) is 0 Å². The Morgan fingerprint density at radius 1 is 1.00 bits per heavy atom. The Balaban J connectivity index is 1.50. The molecule has 0 atom stereocenters. The van der Waals surface area contributed by atoms with Crippen molar-refractivity contribution in [1.29, 1.82) is 0 Å². The maximum absolute atomic E-state index is 5.35. The number of anilines is 1. The minimum Gasteiger partial charge on any atom is -0.379 e. The standard InChI is InChI=1S/C17H21N3O/c1-2-4-15(5-3-1)16-6-7-17(19-14-16)18-8-9-20-10-12-21-13-11-20/h1-7,14H,8-13H2,(H,18,19). The van der Waals surface area contributed by atoms with Crippen LogP contribution < -0.4 is 5.32 Å². The van der Waals surface area contributed by atoms with E-state index in [1.165, 1.54) is 5.56 Å². The highest BCUT2D eigenvalue weighted by molar-refractivity contribution is 5.63. The smallest absolute Gasteiger partial charge is 0.125 e. The molecule has 0 spiro atoms. The number of nitrogens with zero attached hydrogens (tertiary/aromatic N) is 2. The quantitative estimate of drug-likeness (QED) is 0.915. The summed E-state index contributed by atoms with van der Waals surface area (Å²) in [5.74, 6) is 0.933. The van der Waals surface area contributed by atoms with Gasteiger partial charge in [-0.2, -0.15) is 0 Å². The SMILES string of the molecule is c1ccc(-c2ccc(NCCN3CCOCC3)nc2)cc1. The van der Waals surface area contributed by atoms with Crippen molar-refractivity contribution in [2.45, 2.75) is 0 Å². The number of hydrogen-bond acceptors (Lipinski definition) is 4. The van der Waals surface area contributed by atoms with Gasteiger partial charge in [0.05, 0.1) is 13.2 Å². The lowest BCUT2D eigenvalue weighted by atomic mass is 10.1. The lowest BCUT2D eigenvalue weighted by Gasteiger charge is -2.26. The van der Waals surface area contributed by atoms with Gasteiger partial charge in [0.2, 0.25) is 0 Å². The number of benzene rings is 1. The molecule has 1 saturated heterocycles. The summed E-state index contributed by atoms with van der Waals surface area (Å²) in [5.41, 5.74) is 2.35. The van der Waals surface area contributed by atoms with E-state index in [0.717, 1.165) is 50.8 Å². The van der Waals surface area contributed by atoms with Crippen molar-refractivity contribution >= 4 is 5.82 Å². The number of rotatable bonds is 5. The fourth-order valence-corrected chi connectivity index (χ4v) is 2.47. The predicted octanol–water partition coefficient (Wildman–Crippen LogP) is 2.49. The molecule has 110 valence electrons. The molecule has 1 fully saturated rings. The molecule has 4 nitrogen and oxygen atoms in total. The maximum atomic E-state index is 5.35. The number of ether oxygens (including phenoxy) is 1. The third-order valence-corrected chi connectivity index (χ3v) is 3.71. The van der Waals surface area contributed by atoms with Crippen LogP contribution >= 0.6 is 0 Å². The van der Waals surface area contributed by atoms with E-state index in [1.807, 2.05) is 30.5 Å². The van der Waals surface area contributed by atoms with E-state index >= 15 is 0 Å². The molecule has 2 heterocycles. The van der Waals surface area contributed by atoms with Crippen LogP contribution in [-0.4, -0.2) is 49.3 Å². The Hall–Kier alpha value is -1.91. The third-order valence-electron chi connectivity index (χ3n) is 3.71. The van der Waals surface area contributed by atoms with Gasteiger partial charge in [0, 0.05) is 37.9 Å². The van der Waals surface area contributed by atoms with Crippen LogP contribution in [0.1, 0.15) is 0 Å². The Morgan fingerprint density at radius 3 is 2.52 bits per heavy atom. The molecule has 0 unspecified atom stereocenters. The second kappa shape index (κ2) is 7.20. The zero-order valence-corrected chi connectivity index (χ0v) is 12.2. The number of aromatic nitrogens is 1. The Kier molecular flexibility index (Phi) is 4.82. The molecule has 1 aliphatic rings. The summed E-state index contributed by atoms with van der Waals surface area (Å²) >= 11 is 0. The van der Waals surface area contributed by atoms with Crippen molar-refractivity contribution in [3.8, 4) is 11.1 Å². The molecule has 0 aliphatic carbocycles. The fraction of sp³-hybridized carbons (Fsp3) is 0.353. The minimum atomic E-state index is 0.851. The van der Waals surface area contributed by atoms with Gasteiger partial charge >= 0.3 is 0 Å². The lowest BCUT2D eigenvalue weighted by Crippen LogP contribution is -2.39. The van der Waals surface area contributed by atoms with Gasteiger partial charge in [-0.1, -0.05) is 30.3 Å². The van der Waals surface area contributed by atoms with Crippen LogP contribution in [0.3, 0.4) is 0 Å². The van der Waals surface area contributed by atoms with Crippen molar-refractivity contribution in [2.75, 3.05) is 44.7 Å². The second-order valence-electron chi connectivity index (χ2n) is 5.18. The molecule has 3 rings (SSSR count). The average molecular weight is 283 g/mol. The van der Waals surface area contributed by atoms with E-state index in [2.05, 4.69) is 33.4 Å².